The number of nitrogens with zero attached hydrogens (tertiary/aromatic N) is 1. The molecule has 2 aliphatic heterocycles. The zero-order chi connectivity index (χ0) is 23.2. The first-order chi connectivity index (χ1) is 15.8. The summed E-state index contributed by atoms with van der Waals surface area (Å²) in [6, 6.07) is 5.14. The number of carboxylic acids is 1. The molecule has 0 radical (unpaired) electrons. The van der Waals surface area contributed by atoms with E-state index < -0.39 is 30.3 Å². The number of imide groups is 1. The number of carbonyl (C=O) groups is 3. The number of phenolic OH excluding ortho intramolecular Hbond substituents is 1. The van der Waals surface area contributed by atoms with E-state index in [1.807, 2.05) is 6.07 Å². The van der Waals surface area contributed by atoms with Crippen LogP contribution < -0.4 is 9.61 Å². The molecule has 6 rings (SSSR count). The number of aromatic hydroxyl groups is 1. The molecule has 1 aromatic heterocycles. The number of carbonyl (C=O) groups excluding carboxylic acids is 2. The lowest BCUT2D eigenvalue weighted by Crippen LogP contribution is -2.42. The fourth-order valence-corrected chi connectivity index (χ4v) is 9.52. The molecule has 3 fully saturated rings. The Hall–Kier alpha value is -2.79. The second-order valence-electron chi connectivity index (χ2n) is 9.05. The van der Waals surface area contributed by atoms with Gasteiger partial charge in [0.05, 0.1) is 24.0 Å². The smallest absolute Gasteiger partial charge is 0.323 e. The number of benzene rings is 1. The first-order valence-corrected chi connectivity index (χ1v) is 12.3. The second kappa shape index (κ2) is 7.10. The van der Waals surface area contributed by atoms with Crippen LogP contribution in [0.25, 0.3) is 0 Å². The van der Waals surface area contributed by atoms with Crippen molar-refractivity contribution in [3.8, 4) is 11.5 Å². The van der Waals surface area contributed by atoms with Crippen molar-refractivity contribution in [3.63, 3.8) is 0 Å². The Morgan fingerprint density at radius 2 is 1.94 bits per heavy atom. The van der Waals surface area contributed by atoms with Crippen molar-refractivity contribution in [2.45, 2.75) is 22.6 Å². The number of aliphatic carboxylic acids is 1. The molecule has 7 unspecified atom stereocenters. The Balaban J connectivity index is 1.46. The number of amides is 2. The minimum absolute atomic E-state index is 0.00372. The summed E-state index contributed by atoms with van der Waals surface area (Å²) in [7, 11) is 1.47. The molecular formula is C22H20N2O7S2. The summed E-state index contributed by atoms with van der Waals surface area (Å²) in [6.07, 6.45) is 0.723. The van der Waals surface area contributed by atoms with Gasteiger partial charge in [0, 0.05) is 16.0 Å². The van der Waals surface area contributed by atoms with Crippen molar-refractivity contribution in [2.24, 2.45) is 29.6 Å². The molecule has 9 nitrogen and oxygen atoms in total. The van der Waals surface area contributed by atoms with E-state index in [2.05, 4.69) is 4.98 Å². The number of phenols is 1. The van der Waals surface area contributed by atoms with Crippen molar-refractivity contribution >= 4 is 40.9 Å². The third-order valence-electron chi connectivity index (χ3n) is 7.67. The van der Waals surface area contributed by atoms with Crippen molar-refractivity contribution < 1.29 is 29.3 Å². The van der Waals surface area contributed by atoms with Gasteiger partial charge in [-0.15, -0.1) is 11.8 Å². The van der Waals surface area contributed by atoms with Crippen LogP contribution in [0.1, 0.15) is 22.8 Å². The summed E-state index contributed by atoms with van der Waals surface area (Å²) in [5.74, 6) is -3.03. The summed E-state index contributed by atoms with van der Waals surface area (Å²) < 4.78 is 5.31. The summed E-state index contributed by atoms with van der Waals surface area (Å²) >= 11 is 2.71. The summed E-state index contributed by atoms with van der Waals surface area (Å²) in [6.45, 7) is -0.605. The molecule has 11 heteroatoms. The number of rotatable bonds is 4. The fraction of sp³-hybridized carbons (Fsp3) is 0.455. The molecule has 3 heterocycles. The van der Waals surface area contributed by atoms with Crippen LogP contribution in [0.5, 0.6) is 11.5 Å². The van der Waals surface area contributed by atoms with Gasteiger partial charge < -0.3 is 19.9 Å². The van der Waals surface area contributed by atoms with Crippen molar-refractivity contribution in [1.82, 2.24) is 9.88 Å². The van der Waals surface area contributed by atoms with Gasteiger partial charge in [-0.2, -0.15) is 0 Å². The third kappa shape index (κ3) is 2.78. The van der Waals surface area contributed by atoms with Crippen molar-refractivity contribution in [1.29, 1.82) is 0 Å². The number of aromatic nitrogens is 1. The van der Waals surface area contributed by atoms with Crippen molar-refractivity contribution in [3.05, 3.63) is 38.3 Å². The van der Waals surface area contributed by atoms with Crippen LogP contribution in [0.2, 0.25) is 0 Å². The summed E-state index contributed by atoms with van der Waals surface area (Å²) in [4.78, 5) is 54.3. The average molecular weight is 489 g/mol. The van der Waals surface area contributed by atoms with Crippen LogP contribution in [0.3, 0.4) is 0 Å². The molecule has 2 aromatic rings. The quantitative estimate of drug-likeness (QED) is 0.553. The maximum absolute atomic E-state index is 13.2. The number of methoxy groups -OCH3 is 1. The standard InChI is InChI=1S/C22H20N2O7S2/c1-31-11-4-7(2-3-10(11)25)13-14-8-5-9(17(14)32-19-18(13)33-22(30)23-19)16-15(8)20(28)24(21(16)29)6-12(26)27/h2-4,8-9,13-17,25H,5-6H2,1H3,(H,23,30)(H,26,27). The first-order valence-electron chi connectivity index (χ1n) is 10.6. The zero-order valence-corrected chi connectivity index (χ0v) is 19.0. The van der Waals surface area contributed by atoms with Gasteiger partial charge in [0.15, 0.2) is 11.5 Å². The molecule has 3 N–H and O–H groups in total. The molecule has 33 heavy (non-hydrogen) atoms. The Morgan fingerprint density at radius 3 is 2.64 bits per heavy atom. The van der Waals surface area contributed by atoms with E-state index in [1.54, 1.807) is 23.9 Å². The number of aromatic amines is 1. The normalized spacial score (nSPS) is 33.7. The average Bonchev–Trinajstić information content (AvgIpc) is 3.49. The molecule has 7 atom stereocenters. The van der Waals surface area contributed by atoms with Gasteiger partial charge in [-0.1, -0.05) is 17.4 Å². The largest absolute Gasteiger partial charge is 0.504 e. The highest BCUT2D eigenvalue weighted by atomic mass is 32.2. The Morgan fingerprint density at radius 1 is 1.21 bits per heavy atom. The molecule has 1 saturated heterocycles. The third-order valence-corrected chi connectivity index (χ3v) is 10.3. The number of carboxylic acid groups (broad SMARTS) is 1. The molecule has 1 aromatic carbocycles. The minimum atomic E-state index is -1.20. The van der Waals surface area contributed by atoms with Crippen LogP contribution in [0, 0.1) is 29.6 Å². The Kier molecular flexibility index (Phi) is 4.47. The molecule has 172 valence electrons. The van der Waals surface area contributed by atoms with E-state index in [9.17, 15) is 29.4 Å². The number of thioether (sulfide) groups is 1. The topological polar surface area (TPSA) is 137 Å². The molecule has 4 aliphatic rings. The lowest BCUT2D eigenvalue weighted by Gasteiger charge is -2.43. The predicted octanol–water partition coefficient (Wildman–Crippen LogP) is 1.71. The fourth-order valence-electron chi connectivity index (χ4n) is 6.63. The number of fused-ring (bicyclic) bond motifs is 9. The van der Waals surface area contributed by atoms with Crippen molar-refractivity contribution in [2.75, 3.05) is 13.7 Å². The maximum Gasteiger partial charge on any atom is 0.323 e. The van der Waals surface area contributed by atoms with Crippen LogP contribution in [0.4, 0.5) is 0 Å². The highest BCUT2D eigenvalue weighted by Gasteiger charge is 2.69. The molecular weight excluding hydrogens is 468 g/mol. The van der Waals surface area contributed by atoms with Crippen LogP contribution in [-0.4, -0.2) is 56.8 Å². The van der Waals surface area contributed by atoms with E-state index in [4.69, 9.17) is 4.74 Å². The lowest BCUT2D eigenvalue weighted by atomic mass is 9.68. The van der Waals surface area contributed by atoms with E-state index in [-0.39, 0.29) is 45.5 Å². The maximum atomic E-state index is 13.2. The molecule has 2 amide bonds. The van der Waals surface area contributed by atoms with Gasteiger partial charge in [-0.05, 0) is 41.9 Å². The highest BCUT2D eigenvalue weighted by Crippen LogP contribution is 2.68. The van der Waals surface area contributed by atoms with Gasteiger partial charge >= 0.3 is 10.8 Å². The number of hydrogen-bond donors (Lipinski definition) is 3. The number of nitrogens with one attached hydrogen (secondary N) is 1. The SMILES string of the molecule is COc1cc(C2c3sc(=O)[nH]c3SC3C4CC(C5C(=O)N(CC(=O)O)C(=O)C45)C23)ccc1O. The monoisotopic (exact) mass is 488 g/mol. The van der Waals surface area contributed by atoms with Crippen LogP contribution >= 0.6 is 23.1 Å². The predicted molar refractivity (Wildman–Crippen MR) is 118 cm³/mol. The van der Waals surface area contributed by atoms with Crippen LogP contribution in [-0.2, 0) is 14.4 Å². The Labute approximate surface area is 195 Å². The lowest BCUT2D eigenvalue weighted by molar-refractivity contribution is -0.149. The van der Waals surface area contributed by atoms with E-state index in [0.29, 0.717) is 5.75 Å². The Bertz CT molecular complexity index is 1270. The first kappa shape index (κ1) is 20.8. The van der Waals surface area contributed by atoms with Crippen LogP contribution in [0.15, 0.2) is 28.0 Å². The van der Waals surface area contributed by atoms with Gasteiger partial charge in [0.2, 0.25) is 11.8 Å². The number of thiazole rings is 1. The second-order valence-corrected chi connectivity index (χ2v) is 11.3. The number of H-pyrrole nitrogens is 1. The minimum Gasteiger partial charge on any atom is -0.504 e. The highest BCUT2D eigenvalue weighted by molar-refractivity contribution is 8.00. The van der Waals surface area contributed by atoms with E-state index in [0.717, 1.165) is 38.1 Å². The number of likely N-dealkylation sites (tertiary alicyclic amines) is 1. The molecule has 0 spiro atoms. The summed E-state index contributed by atoms with van der Waals surface area (Å²) in [5, 5.41) is 20.1. The van der Waals surface area contributed by atoms with E-state index in [1.165, 1.54) is 7.11 Å². The van der Waals surface area contributed by atoms with E-state index >= 15 is 0 Å². The zero-order valence-electron chi connectivity index (χ0n) is 17.4. The van der Waals surface area contributed by atoms with Gasteiger partial charge in [0.1, 0.15) is 6.54 Å². The van der Waals surface area contributed by atoms with Gasteiger partial charge in [-0.25, -0.2) is 0 Å². The number of hydrogen-bond acceptors (Lipinski definition) is 8. The number of ether oxygens (including phenoxy) is 1. The molecule has 2 bridgehead atoms. The summed E-state index contributed by atoms with van der Waals surface area (Å²) in [5.41, 5.74) is 0.875. The molecule has 2 saturated carbocycles. The van der Waals surface area contributed by atoms with Gasteiger partial charge in [-0.3, -0.25) is 24.1 Å². The molecule has 2 aliphatic carbocycles. The van der Waals surface area contributed by atoms with Gasteiger partial charge in [0.25, 0.3) is 0 Å².